The van der Waals surface area contributed by atoms with Crippen molar-refractivity contribution in [3.63, 3.8) is 0 Å². The zero-order valence-electron chi connectivity index (χ0n) is 13.2. The monoisotopic (exact) mass is 276 g/mol. The molecule has 1 atom stereocenters. The Kier molecular flexibility index (Phi) is 3.45. The molecule has 0 fully saturated rings. The van der Waals surface area contributed by atoms with Crippen LogP contribution < -0.4 is 4.74 Å². The highest BCUT2D eigenvalue weighted by atomic mass is 16.6. The van der Waals surface area contributed by atoms with Crippen LogP contribution in [0.4, 0.5) is 0 Å². The Bertz CT molecular complexity index is 550. The molecule has 1 aromatic rings. The Hall–Kier alpha value is -1.35. The van der Waals surface area contributed by atoms with Crippen LogP contribution in [0.3, 0.4) is 0 Å². The molecule has 0 aliphatic carbocycles. The molecular weight excluding hydrogens is 252 g/mol. The van der Waals surface area contributed by atoms with Gasteiger partial charge in [0.1, 0.15) is 5.75 Å². The summed E-state index contributed by atoms with van der Waals surface area (Å²) in [6.45, 7) is 12.9. The highest BCUT2D eigenvalue weighted by Gasteiger charge is 2.38. The molecule has 1 heterocycles. The van der Waals surface area contributed by atoms with Gasteiger partial charge in [-0.2, -0.15) is 0 Å². The Labute approximate surface area is 121 Å². The second-order valence-electron chi connectivity index (χ2n) is 7.68. The van der Waals surface area contributed by atoms with E-state index < -0.39 is 12.1 Å². The molecule has 0 saturated carbocycles. The van der Waals surface area contributed by atoms with E-state index in [1.807, 2.05) is 13.0 Å². The van der Waals surface area contributed by atoms with Gasteiger partial charge in [-0.15, -0.1) is 0 Å². The fourth-order valence-corrected chi connectivity index (χ4v) is 3.33. The Morgan fingerprint density at radius 1 is 1.20 bits per heavy atom. The van der Waals surface area contributed by atoms with Gasteiger partial charge in [-0.05, 0) is 30.2 Å². The molecule has 1 aliphatic heterocycles. The summed E-state index contributed by atoms with van der Waals surface area (Å²) in [5.74, 6) is -0.0132. The van der Waals surface area contributed by atoms with Crippen LogP contribution in [0.15, 0.2) is 12.1 Å². The van der Waals surface area contributed by atoms with E-state index in [1.54, 1.807) is 0 Å². The zero-order valence-corrected chi connectivity index (χ0v) is 13.2. The van der Waals surface area contributed by atoms with Crippen molar-refractivity contribution in [2.75, 3.05) is 0 Å². The molecule has 2 rings (SSSR count). The minimum Gasteiger partial charge on any atom is -0.424 e. The maximum atomic E-state index is 11.6. The average molecular weight is 276 g/mol. The minimum absolute atomic E-state index is 0.126. The van der Waals surface area contributed by atoms with Gasteiger partial charge >= 0.3 is 5.97 Å². The van der Waals surface area contributed by atoms with Gasteiger partial charge in [0.25, 0.3) is 0 Å². The molecule has 0 spiro atoms. The van der Waals surface area contributed by atoms with Crippen LogP contribution in [-0.4, -0.2) is 11.1 Å². The molecule has 0 bridgehead atoms. The van der Waals surface area contributed by atoms with Crippen molar-refractivity contribution < 1.29 is 14.6 Å². The number of benzene rings is 1. The lowest BCUT2D eigenvalue weighted by atomic mass is 9.71. The van der Waals surface area contributed by atoms with E-state index in [1.165, 1.54) is 0 Å². The van der Waals surface area contributed by atoms with Crippen LogP contribution >= 0.6 is 0 Å². The smallest absolute Gasteiger partial charge is 0.345 e. The fourth-order valence-electron chi connectivity index (χ4n) is 3.33. The Morgan fingerprint density at radius 2 is 1.80 bits per heavy atom. The van der Waals surface area contributed by atoms with E-state index >= 15 is 0 Å². The fraction of sp³-hybridized carbons (Fsp3) is 0.588. The molecule has 0 amide bonds. The summed E-state index contributed by atoms with van der Waals surface area (Å²) in [6, 6.07) is 3.90. The van der Waals surface area contributed by atoms with Crippen molar-refractivity contribution in [3.8, 4) is 5.75 Å². The summed E-state index contributed by atoms with van der Waals surface area (Å²) in [5.41, 5.74) is 2.69. The third kappa shape index (κ3) is 2.73. The molecule has 0 aromatic heterocycles. The van der Waals surface area contributed by atoms with Crippen molar-refractivity contribution in [1.29, 1.82) is 0 Å². The van der Waals surface area contributed by atoms with E-state index in [9.17, 15) is 9.90 Å². The third-order valence-electron chi connectivity index (χ3n) is 3.68. The van der Waals surface area contributed by atoms with Crippen LogP contribution in [-0.2, 0) is 10.2 Å². The maximum Gasteiger partial charge on any atom is 0.345 e. The van der Waals surface area contributed by atoms with Gasteiger partial charge < -0.3 is 9.84 Å². The van der Waals surface area contributed by atoms with Gasteiger partial charge in [0.05, 0.1) is 0 Å². The highest BCUT2D eigenvalue weighted by molar-refractivity contribution is 5.85. The molecule has 110 valence electrons. The van der Waals surface area contributed by atoms with Crippen LogP contribution in [0.1, 0.15) is 63.8 Å². The largest absolute Gasteiger partial charge is 0.424 e. The molecule has 1 aromatic carbocycles. The third-order valence-corrected chi connectivity index (χ3v) is 3.68. The number of ether oxygens (including phenoxy) is 1. The maximum absolute atomic E-state index is 11.6. The van der Waals surface area contributed by atoms with Gasteiger partial charge in [-0.1, -0.05) is 46.2 Å². The van der Waals surface area contributed by atoms with Crippen molar-refractivity contribution >= 4 is 5.97 Å². The molecule has 1 unspecified atom stereocenters. The highest BCUT2D eigenvalue weighted by Crippen LogP contribution is 2.46. The SMILES string of the molecule is Cc1cc2c(c(C(C)(C)CC(C)(C)C)c1)OC(=O)C2O. The molecule has 1 N–H and O–H groups in total. The van der Waals surface area contributed by atoms with Crippen molar-refractivity contribution in [3.05, 3.63) is 28.8 Å². The van der Waals surface area contributed by atoms with Crippen molar-refractivity contribution in [1.82, 2.24) is 0 Å². The summed E-state index contributed by atoms with van der Waals surface area (Å²) in [5, 5.41) is 9.92. The number of hydrogen-bond donors (Lipinski definition) is 1. The first kappa shape index (κ1) is 15.0. The predicted molar refractivity (Wildman–Crippen MR) is 78.9 cm³/mol. The lowest BCUT2D eigenvalue weighted by Gasteiger charge is -2.34. The van der Waals surface area contributed by atoms with E-state index in [0.29, 0.717) is 11.3 Å². The van der Waals surface area contributed by atoms with Gasteiger partial charge in [0.2, 0.25) is 0 Å². The summed E-state index contributed by atoms with van der Waals surface area (Å²) in [4.78, 5) is 11.6. The molecule has 0 saturated heterocycles. The number of esters is 1. The number of aliphatic hydroxyl groups excluding tert-OH is 1. The number of carbonyl (C=O) groups excluding carboxylic acids is 1. The van der Waals surface area contributed by atoms with E-state index in [-0.39, 0.29) is 10.8 Å². The molecule has 0 radical (unpaired) electrons. The second-order valence-corrected chi connectivity index (χ2v) is 7.68. The normalized spacial score (nSPS) is 18.9. The van der Waals surface area contributed by atoms with Crippen molar-refractivity contribution in [2.45, 2.75) is 59.5 Å². The lowest BCUT2D eigenvalue weighted by molar-refractivity contribution is -0.141. The Morgan fingerprint density at radius 3 is 2.35 bits per heavy atom. The van der Waals surface area contributed by atoms with Gasteiger partial charge in [0.15, 0.2) is 6.10 Å². The summed E-state index contributed by atoms with van der Waals surface area (Å²) >= 11 is 0. The van der Waals surface area contributed by atoms with Gasteiger partial charge in [-0.25, -0.2) is 4.79 Å². The first-order valence-electron chi connectivity index (χ1n) is 7.06. The number of aryl methyl sites for hydroxylation is 1. The number of rotatable bonds is 2. The van der Waals surface area contributed by atoms with Crippen LogP contribution in [0, 0.1) is 12.3 Å². The van der Waals surface area contributed by atoms with Crippen LogP contribution in [0.2, 0.25) is 0 Å². The molecular formula is C17H24O3. The van der Waals surface area contributed by atoms with E-state index in [4.69, 9.17) is 4.74 Å². The van der Waals surface area contributed by atoms with E-state index in [0.717, 1.165) is 17.5 Å². The van der Waals surface area contributed by atoms with Crippen LogP contribution in [0.5, 0.6) is 5.75 Å². The molecule has 20 heavy (non-hydrogen) atoms. The first-order chi connectivity index (χ1) is 9.01. The number of fused-ring (bicyclic) bond motifs is 1. The molecule has 3 nitrogen and oxygen atoms in total. The topological polar surface area (TPSA) is 46.5 Å². The molecule has 1 aliphatic rings. The quantitative estimate of drug-likeness (QED) is 0.662. The zero-order chi connectivity index (χ0) is 15.3. The number of carbonyl (C=O) groups is 1. The lowest BCUT2D eigenvalue weighted by Crippen LogP contribution is -2.25. The van der Waals surface area contributed by atoms with E-state index in [2.05, 4.69) is 40.7 Å². The molecule has 3 heteroatoms. The summed E-state index contributed by atoms with van der Waals surface area (Å²) < 4.78 is 5.32. The second kappa shape index (κ2) is 4.59. The van der Waals surface area contributed by atoms with Gasteiger partial charge in [-0.3, -0.25) is 0 Å². The van der Waals surface area contributed by atoms with Crippen LogP contribution in [0.25, 0.3) is 0 Å². The predicted octanol–water partition coefficient (Wildman–Crippen LogP) is 3.66. The average Bonchev–Trinajstić information content (AvgIpc) is 2.52. The minimum atomic E-state index is -1.14. The summed E-state index contributed by atoms with van der Waals surface area (Å²) in [7, 11) is 0. The Balaban J connectivity index is 2.54. The van der Waals surface area contributed by atoms with Crippen molar-refractivity contribution in [2.24, 2.45) is 5.41 Å². The first-order valence-corrected chi connectivity index (χ1v) is 7.06. The standard InChI is InChI=1S/C17H24O3/c1-10-7-11-13(18)15(19)20-14(11)12(8-10)17(5,6)9-16(2,3)4/h7-8,13,18H,9H2,1-6H3. The van der Waals surface area contributed by atoms with Gasteiger partial charge in [0, 0.05) is 11.1 Å². The number of aliphatic hydroxyl groups is 1. The number of hydrogen-bond acceptors (Lipinski definition) is 3. The summed E-state index contributed by atoms with van der Waals surface area (Å²) in [6.07, 6.45) is -0.183.